The Hall–Kier alpha value is -0.960. The second kappa shape index (κ2) is 2.96. The molecule has 0 bridgehead atoms. The van der Waals surface area contributed by atoms with Gasteiger partial charge in [-0.05, 0) is 19.0 Å². The first kappa shape index (κ1) is 6.73. The van der Waals surface area contributed by atoms with Crippen molar-refractivity contribution in [1.29, 1.82) is 0 Å². The number of hydrogen-bond acceptors (Lipinski definition) is 3. The molecule has 1 aromatic heterocycles. The lowest BCUT2D eigenvalue weighted by atomic mass is 10.1. The lowest BCUT2D eigenvalue weighted by Gasteiger charge is -2.04. The molecule has 2 heterocycles. The fourth-order valence-electron chi connectivity index (χ4n) is 1.45. The largest absolute Gasteiger partial charge is 0.316 e. The fourth-order valence-corrected chi connectivity index (χ4v) is 1.45. The van der Waals surface area contributed by atoms with Gasteiger partial charge in [0.1, 0.15) is 6.33 Å². The summed E-state index contributed by atoms with van der Waals surface area (Å²) in [6.45, 7) is 2.19. The van der Waals surface area contributed by atoms with Gasteiger partial charge in [0.05, 0.1) is 0 Å². The van der Waals surface area contributed by atoms with Crippen LogP contribution in [-0.2, 0) is 0 Å². The van der Waals surface area contributed by atoms with E-state index in [9.17, 15) is 0 Å². The van der Waals surface area contributed by atoms with Gasteiger partial charge < -0.3 is 5.32 Å². The molecule has 1 saturated heterocycles. The van der Waals surface area contributed by atoms with Crippen LogP contribution in [0.2, 0.25) is 0 Å². The van der Waals surface area contributed by atoms with Gasteiger partial charge >= 0.3 is 0 Å². The van der Waals surface area contributed by atoms with Gasteiger partial charge in [0.15, 0.2) is 0 Å². The zero-order chi connectivity index (χ0) is 7.52. The zero-order valence-electron chi connectivity index (χ0n) is 6.33. The van der Waals surface area contributed by atoms with Crippen molar-refractivity contribution in [2.45, 2.75) is 12.3 Å². The zero-order valence-corrected chi connectivity index (χ0v) is 6.33. The first-order chi connectivity index (χ1) is 5.47. The lowest BCUT2D eigenvalue weighted by Crippen LogP contribution is -2.08. The van der Waals surface area contributed by atoms with Crippen LogP contribution in [0.15, 0.2) is 18.6 Å². The van der Waals surface area contributed by atoms with E-state index < -0.39 is 0 Å². The van der Waals surface area contributed by atoms with Gasteiger partial charge in [-0.15, -0.1) is 0 Å². The number of rotatable bonds is 1. The molecule has 0 aromatic carbocycles. The third-order valence-corrected chi connectivity index (χ3v) is 2.08. The van der Waals surface area contributed by atoms with E-state index >= 15 is 0 Å². The van der Waals surface area contributed by atoms with Crippen molar-refractivity contribution in [2.24, 2.45) is 0 Å². The predicted octanol–water partition coefficient (Wildman–Crippen LogP) is 0.553. The highest BCUT2D eigenvalue weighted by Crippen LogP contribution is 2.18. The maximum Gasteiger partial charge on any atom is 0.115 e. The molecule has 3 heteroatoms. The molecule has 1 aromatic rings. The molecule has 0 unspecified atom stereocenters. The normalized spacial score (nSPS) is 23.8. The summed E-state index contributed by atoms with van der Waals surface area (Å²) >= 11 is 0. The van der Waals surface area contributed by atoms with Gasteiger partial charge in [-0.25, -0.2) is 9.97 Å². The van der Waals surface area contributed by atoms with Crippen molar-refractivity contribution in [3.8, 4) is 0 Å². The minimum atomic E-state index is 0.609. The molecule has 3 nitrogen and oxygen atoms in total. The maximum atomic E-state index is 4.21. The standard InChI is InChI=1S/C8H11N3/c1-3-9-5-7(1)8-2-4-10-6-11-8/h2,4,6-7,9H,1,3,5H2/t7-/m0/s1. The van der Waals surface area contributed by atoms with Crippen LogP contribution >= 0.6 is 0 Å². The van der Waals surface area contributed by atoms with Crippen molar-refractivity contribution in [3.05, 3.63) is 24.3 Å². The van der Waals surface area contributed by atoms with E-state index in [0.29, 0.717) is 5.92 Å². The smallest absolute Gasteiger partial charge is 0.115 e. The van der Waals surface area contributed by atoms with E-state index in [4.69, 9.17) is 0 Å². The molecule has 11 heavy (non-hydrogen) atoms. The van der Waals surface area contributed by atoms with Gasteiger partial charge in [0.2, 0.25) is 0 Å². The summed E-state index contributed by atoms with van der Waals surface area (Å²) in [6, 6.07) is 2.00. The second-order valence-corrected chi connectivity index (χ2v) is 2.82. The van der Waals surface area contributed by atoms with E-state index in [-0.39, 0.29) is 0 Å². The van der Waals surface area contributed by atoms with Crippen LogP contribution in [0.3, 0.4) is 0 Å². The topological polar surface area (TPSA) is 37.8 Å². The van der Waals surface area contributed by atoms with Crippen molar-refractivity contribution in [2.75, 3.05) is 13.1 Å². The van der Waals surface area contributed by atoms with E-state index in [1.807, 2.05) is 6.07 Å². The maximum absolute atomic E-state index is 4.21. The summed E-state index contributed by atoms with van der Waals surface area (Å²) in [6.07, 6.45) is 4.63. The number of nitrogens with one attached hydrogen (secondary N) is 1. The van der Waals surface area contributed by atoms with Crippen LogP contribution in [0.1, 0.15) is 18.0 Å². The first-order valence-electron chi connectivity index (χ1n) is 3.93. The average molecular weight is 149 g/mol. The molecular weight excluding hydrogens is 138 g/mol. The SMILES string of the molecule is c1cc([C@H]2CCNC2)ncn1. The molecule has 1 atom stereocenters. The monoisotopic (exact) mass is 149 g/mol. The molecule has 0 radical (unpaired) electrons. The third-order valence-electron chi connectivity index (χ3n) is 2.08. The van der Waals surface area contributed by atoms with Gasteiger partial charge in [-0.2, -0.15) is 0 Å². The van der Waals surface area contributed by atoms with Crippen molar-refractivity contribution in [1.82, 2.24) is 15.3 Å². The summed E-state index contributed by atoms with van der Waals surface area (Å²) in [5.74, 6) is 0.609. The third kappa shape index (κ3) is 1.38. The molecule has 1 aliphatic rings. The van der Waals surface area contributed by atoms with Crippen LogP contribution < -0.4 is 5.32 Å². The Morgan fingerprint density at radius 3 is 3.18 bits per heavy atom. The summed E-state index contributed by atoms with van der Waals surface area (Å²) in [7, 11) is 0. The molecule has 58 valence electrons. The van der Waals surface area contributed by atoms with Gasteiger partial charge in [-0.1, -0.05) is 0 Å². The highest BCUT2D eigenvalue weighted by Gasteiger charge is 2.16. The molecular formula is C8H11N3. The fraction of sp³-hybridized carbons (Fsp3) is 0.500. The minimum absolute atomic E-state index is 0.609. The summed E-state index contributed by atoms with van der Waals surface area (Å²) in [5, 5.41) is 3.31. The van der Waals surface area contributed by atoms with Gasteiger partial charge in [0.25, 0.3) is 0 Å². The quantitative estimate of drug-likeness (QED) is 0.633. The van der Waals surface area contributed by atoms with E-state index in [1.165, 1.54) is 12.1 Å². The number of aromatic nitrogens is 2. The molecule has 1 N–H and O–H groups in total. The molecule has 0 amide bonds. The average Bonchev–Trinajstić information content (AvgIpc) is 2.58. The van der Waals surface area contributed by atoms with E-state index in [0.717, 1.165) is 13.1 Å². The van der Waals surface area contributed by atoms with E-state index in [2.05, 4.69) is 15.3 Å². The molecule has 1 fully saturated rings. The lowest BCUT2D eigenvalue weighted by molar-refractivity contribution is 0.730. The molecule has 0 aliphatic carbocycles. The Morgan fingerprint density at radius 2 is 2.55 bits per heavy atom. The Labute approximate surface area is 65.9 Å². The molecule has 0 saturated carbocycles. The number of hydrogen-bond donors (Lipinski definition) is 1. The minimum Gasteiger partial charge on any atom is -0.316 e. The molecule has 2 rings (SSSR count). The Kier molecular flexibility index (Phi) is 1.81. The highest BCUT2D eigenvalue weighted by molar-refractivity contribution is 5.08. The van der Waals surface area contributed by atoms with E-state index in [1.54, 1.807) is 12.5 Å². The molecule has 1 aliphatic heterocycles. The van der Waals surface area contributed by atoms with Gasteiger partial charge in [0, 0.05) is 24.4 Å². The van der Waals surface area contributed by atoms with Crippen LogP contribution in [0, 0.1) is 0 Å². The van der Waals surface area contributed by atoms with Crippen molar-refractivity contribution < 1.29 is 0 Å². The highest BCUT2D eigenvalue weighted by atomic mass is 14.9. The Bertz CT molecular complexity index is 216. The summed E-state index contributed by atoms with van der Waals surface area (Å²) < 4.78 is 0. The Balaban J connectivity index is 2.16. The molecule has 0 spiro atoms. The predicted molar refractivity (Wildman–Crippen MR) is 42.3 cm³/mol. The summed E-state index contributed by atoms with van der Waals surface area (Å²) in [5.41, 5.74) is 1.17. The van der Waals surface area contributed by atoms with Crippen LogP contribution in [0.5, 0.6) is 0 Å². The second-order valence-electron chi connectivity index (χ2n) is 2.82. The Morgan fingerprint density at radius 1 is 1.55 bits per heavy atom. The summed E-state index contributed by atoms with van der Waals surface area (Å²) in [4.78, 5) is 8.09. The van der Waals surface area contributed by atoms with Crippen LogP contribution in [0.4, 0.5) is 0 Å². The van der Waals surface area contributed by atoms with Crippen molar-refractivity contribution in [3.63, 3.8) is 0 Å². The van der Waals surface area contributed by atoms with Crippen LogP contribution in [-0.4, -0.2) is 23.1 Å². The number of nitrogens with zero attached hydrogens (tertiary/aromatic N) is 2. The first-order valence-corrected chi connectivity index (χ1v) is 3.93. The van der Waals surface area contributed by atoms with Crippen molar-refractivity contribution >= 4 is 0 Å². The van der Waals surface area contributed by atoms with Crippen LogP contribution in [0.25, 0.3) is 0 Å². The van der Waals surface area contributed by atoms with Gasteiger partial charge in [-0.3, -0.25) is 0 Å².